The molecular formula is C16H23N5S. The summed E-state index contributed by atoms with van der Waals surface area (Å²) in [7, 11) is 0. The van der Waals surface area contributed by atoms with E-state index >= 15 is 0 Å². The minimum Gasteiger partial charge on any atom is -0.300 e. The molecule has 0 aliphatic carbocycles. The lowest BCUT2D eigenvalue weighted by molar-refractivity contribution is 0.146. The van der Waals surface area contributed by atoms with Gasteiger partial charge in [-0.05, 0) is 50.0 Å². The van der Waals surface area contributed by atoms with Crippen molar-refractivity contribution in [1.82, 2.24) is 24.2 Å². The van der Waals surface area contributed by atoms with Crippen LogP contribution < -0.4 is 0 Å². The van der Waals surface area contributed by atoms with E-state index in [2.05, 4.69) is 28.3 Å². The van der Waals surface area contributed by atoms with Gasteiger partial charge >= 0.3 is 0 Å². The van der Waals surface area contributed by atoms with Crippen LogP contribution in [-0.2, 0) is 13.2 Å². The molecule has 22 heavy (non-hydrogen) atoms. The Morgan fingerprint density at radius 2 is 1.91 bits per heavy atom. The van der Waals surface area contributed by atoms with E-state index in [9.17, 15) is 0 Å². The highest BCUT2D eigenvalue weighted by Gasteiger charge is 2.18. The maximum absolute atomic E-state index is 5.62. The van der Waals surface area contributed by atoms with Crippen LogP contribution in [0.15, 0.2) is 24.5 Å². The highest BCUT2D eigenvalue weighted by molar-refractivity contribution is 7.71. The zero-order valence-electron chi connectivity index (χ0n) is 13.3. The molecule has 0 aromatic carbocycles. The van der Waals surface area contributed by atoms with Crippen molar-refractivity contribution < 1.29 is 0 Å². The highest BCUT2D eigenvalue weighted by atomic mass is 32.1. The van der Waals surface area contributed by atoms with Gasteiger partial charge in [0.15, 0.2) is 10.6 Å². The first-order valence-electron chi connectivity index (χ1n) is 7.99. The van der Waals surface area contributed by atoms with E-state index in [0.29, 0.717) is 0 Å². The summed E-state index contributed by atoms with van der Waals surface area (Å²) in [5.74, 6) is 1.77. The topological polar surface area (TPSA) is 38.9 Å². The van der Waals surface area contributed by atoms with Crippen molar-refractivity contribution in [2.75, 3.05) is 13.1 Å². The Balaban J connectivity index is 1.87. The average Bonchev–Trinajstić information content (AvgIpc) is 2.86. The van der Waals surface area contributed by atoms with E-state index in [1.165, 1.54) is 12.8 Å². The van der Waals surface area contributed by atoms with Crippen molar-refractivity contribution in [3.05, 3.63) is 29.3 Å². The number of hydrogen-bond donors (Lipinski definition) is 0. The molecule has 6 heteroatoms. The monoisotopic (exact) mass is 317 g/mol. The summed E-state index contributed by atoms with van der Waals surface area (Å²) in [6, 6.07) is 3.96. The van der Waals surface area contributed by atoms with Gasteiger partial charge in [-0.3, -0.25) is 9.88 Å². The summed E-state index contributed by atoms with van der Waals surface area (Å²) < 4.78 is 4.86. The van der Waals surface area contributed by atoms with E-state index in [1.807, 2.05) is 16.8 Å². The van der Waals surface area contributed by atoms with Crippen molar-refractivity contribution in [2.24, 2.45) is 5.92 Å². The molecule has 3 heterocycles. The molecule has 0 unspecified atom stereocenters. The second kappa shape index (κ2) is 6.71. The second-order valence-electron chi connectivity index (χ2n) is 6.03. The van der Waals surface area contributed by atoms with Gasteiger partial charge in [0, 0.05) is 37.6 Å². The van der Waals surface area contributed by atoms with Gasteiger partial charge in [-0.15, -0.1) is 0 Å². The SMILES string of the molecule is CCn1c(-c2ccncc2)nn(CN2CCC(C)CC2)c1=S. The quantitative estimate of drug-likeness (QED) is 0.812. The Kier molecular flexibility index (Phi) is 4.69. The number of aromatic nitrogens is 4. The molecule has 5 nitrogen and oxygen atoms in total. The standard InChI is InChI=1S/C16H23N5S/c1-3-20-15(14-4-8-17-9-5-14)18-21(16(20)22)12-19-10-6-13(2)7-11-19/h4-5,8-9,13H,3,6-7,10-12H2,1-2H3. The molecule has 3 rings (SSSR count). The second-order valence-corrected chi connectivity index (χ2v) is 6.39. The number of pyridine rings is 1. The molecule has 0 amide bonds. The van der Waals surface area contributed by atoms with Gasteiger partial charge in [0.1, 0.15) is 0 Å². The average molecular weight is 317 g/mol. The molecule has 2 aromatic rings. The zero-order valence-corrected chi connectivity index (χ0v) is 14.1. The zero-order chi connectivity index (χ0) is 15.5. The lowest BCUT2D eigenvalue weighted by Crippen LogP contribution is -2.34. The maximum atomic E-state index is 5.62. The van der Waals surface area contributed by atoms with Crippen molar-refractivity contribution >= 4 is 12.2 Å². The van der Waals surface area contributed by atoms with Crippen molar-refractivity contribution in [2.45, 2.75) is 39.9 Å². The van der Waals surface area contributed by atoms with Gasteiger partial charge in [0.25, 0.3) is 0 Å². The molecule has 2 aromatic heterocycles. The Morgan fingerprint density at radius 1 is 1.23 bits per heavy atom. The Morgan fingerprint density at radius 3 is 2.55 bits per heavy atom. The lowest BCUT2D eigenvalue weighted by atomic mass is 10.00. The van der Waals surface area contributed by atoms with Gasteiger partial charge in [0.05, 0.1) is 6.67 Å². The molecule has 0 atom stereocenters. The molecule has 1 aliphatic rings. The van der Waals surface area contributed by atoms with Gasteiger partial charge in [-0.2, -0.15) is 5.10 Å². The summed E-state index contributed by atoms with van der Waals surface area (Å²) in [5, 5.41) is 4.77. The maximum Gasteiger partial charge on any atom is 0.199 e. The summed E-state index contributed by atoms with van der Waals surface area (Å²) in [5.41, 5.74) is 1.06. The van der Waals surface area contributed by atoms with E-state index < -0.39 is 0 Å². The third-order valence-electron chi connectivity index (χ3n) is 4.39. The molecule has 1 saturated heterocycles. The predicted molar refractivity (Wildman–Crippen MR) is 89.9 cm³/mol. The normalized spacial score (nSPS) is 17.0. The Labute approximate surface area is 136 Å². The van der Waals surface area contributed by atoms with E-state index in [0.717, 1.165) is 48.4 Å². The summed E-state index contributed by atoms with van der Waals surface area (Å²) in [6.07, 6.45) is 6.12. The molecule has 118 valence electrons. The first kappa shape index (κ1) is 15.4. The van der Waals surface area contributed by atoms with Crippen LogP contribution in [0.4, 0.5) is 0 Å². The van der Waals surface area contributed by atoms with Gasteiger partial charge in [-0.1, -0.05) is 6.92 Å². The molecule has 1 aliphatic heterocycles. The smallest absolute Gasteiger partial charge is 0.199 e. The van der Waals surface area contributed by atoms with Crippen LogP contribution in [-0.4, -0.2) is 37.3 Å². The van der Waals surface area contributed by atoms with Crippen LogP contribution in [0, 0.1) is 10.7 Å². The number of piperidine rings is 1. The lowest BCUT2D eigenvalue weighted by Gasteiger charge is -2.29. The van der Waals surface area contributed by atoms with Crippen LogP contribution in [0.1, 0.15) is 26.7 Å². The Bertz CT molecular complexity index is 668. The minimum atomic E-state index is 0.788. The summed E-state index contributed by atoms with van der Waals surface area (Å²) >= 11 is 5.62. The largest absolute Gasteiger partial charge is 0.300 e. The fourth-order valence-corrected chi connectivity index (χ4v) is 3.24. The molecule has 0 bridgehead atoms. The molecule has 0 N–H and O–H groups in total. The first-order valence-corrected chi connectivity index (χ1v) is 8.40. The van der Waals surface area contributed by atoms with E-state index in [-0.39, 0.29) is 0 Å². The Hall–Kier alpha value is -1.53. The number of hydrogen-bond acceptors (Lipinski definition) is 4. The van der Waals surface area contributed by atoms with Crippen molar-refractivity contribution in [3.63, 3.8) is 0 Å². The van der Waals surface area contributed by atoms with Crippen molar-refractivity contribution in [1.29, 1.82) is 0 Å². The fourth-order valence-electron chi connectivity index (χ4n) is 2.93. The summed E-state index contributed by atoms with van der Waals surface area (Å²) in [6.45, 7) is 8.31. The van der Waals surface area contributed by atoms with Crippen LogP contribution in [0.3, 0.4) is 0 Å². The number of nitrogens with zero attached hydrogens (tertiary/aromatic N) is 5. The molecule has 0 radical (unpaired) electrons. The van der Waals surface area contributed by atoms with E-state index in [4.69, 9.17) is 17.3 Å². The predicted octanol–water partition coefficient (Wildman–Crippen LogP) is 3.19. The molecule has 1 fully saturated rings. The van der Waals surface area contributed by atoms with Crippen LogP contribution in [0.2, 0.25) is 0 Å². The fraction of sp³-hybridized carbons (Fsp3) is 0.562. The van der Waals surface area contributed by atoms with Gasteiger partial charge in [-0.25, -0.2) is 4.68 Å². The van der Waals surface area contributed by atoms with Gasteiger partial charge in [0.2, 0.25) is 0 Å². The molecular weight excluding hydrogens is 294 g/mol. The van der Waals surface area contributed by atoms with Crippen LogP contribution in [0.25, 0.3) is 11.4 Å². The minimum absolute atomic E-state index is 0.788. The molecule has 0 spiro atoms. The number of rotatable bonds is 4. The van der Waals surface area contributed by atoms with E-state index in [1.54, 1.807) is 12.4 Å². The number of likely N-dealkylation sites (tertiary alicyclic amines) is 1. The molecule has 0 saturated carbocycles. The van der Waals surface area contributed by atoms with Crippen LogP contribution >= 0.6 is 12.2 Å². The third-order valence-corrected chi connectivity index (χ3v) is 4.82. The first-order chi connectivity index (χ1) is 10.7. The third kappa shape index (κ3) is 3.13. The summed E-state index contributed by atoms with van der Waals surface area (Å²) in [4.78, 5) is 6.52. The highest BCUT2D eigenvalue weighted by Crippen LogP contribution is 2.19. The van der Waals surface area contributed by atoms with Gasteiger partial charge < -0.3 is 4.57 Å². The van der Waals surface area contributed by atoms with Crippen LogP contribution in [0.5, 0.6) is 0 Å². The van der Waals surface area contributed by atoms with Crippen molar-refractivity contribution in [3.8, 4) is 11.4 Å².